The second-order valence-corrected chi connectivity index (χ2v) is 3.69. The van der Waals surface area contributed by atoms with E-state index in [2.05, 4.69) is 0 Å². The molecular formula is C13H18O4. The number of methoxy groups -OCH3 is 1. The number of hydrogen-bond donors (Lipinski definition) is 1. The van der Waals surface area contributed by atoms with E-state index in [-0.39, 0.29) is 19.6 Å². The zero-order valence-corrected chi connectivity index (χ0v) is 10.2. The van der Waals surface area contributed by atoms with Crippen LogP contribution in [0.4, 0.5) is 0 Å². The number of carbonyl (C=O) groups is 1. The van der Waals surface area contributed by atoms with Crippen LogP contribution < -0.4 is 0 Å². The highest BCUT2D eigenvalue weighted by molar-refractivity contribution is 5.81. The first kappa shape index (κ1) is 13.7. The largest absolute Gasteiger partial charge is 0.464 e. The molecule has 0 aliphatic heterocycles. The van der Waals surface area contributed by atoms with E-state index in [1.807, 2.05) is 6.07 Å². The quantitative estimate of drug-likeness (QED) is 0.763. The number of carbonyl (C=O) groups excluding carboxylic acids is 1. The second-order valence-electron chi connectivity index (χ2n) is 3.69. The minimum Gasteiger partial charge on any atom is -0.464 e. The van der Waals surface area contributed by atoms with Crippen molar-refractivity contribution in [1.82, 2.24) is 0 Å². The van der Waals surface area contributed by atoms with E-state index in [4.69, 9.17) is 9.47 Å². The Hall–Kier alpha value is -1.39. The molecule has 1 rings (SSSR count). The van der Waals surface area contributed by atoms with Gasteiger partial charge in [0.05, 0.1) is 6.61 Å². The van der Waals surface area contributed by atoms with Crippen LogP contribution in [0.2, 0.25) is 0 Å². The van der Waals surface area contributed by atoms with Crippen molar-refractivity contribution < 1.29 is 19.4 Å². The molecule has 0 bridgehead atoms. The number of aliphatic hydroxyl groups is 1. The van der Waals surface area contributed by atoms with Gasteiger partial charge in [-0.05, 0) is 12.5 Å². The summed E-state index contributed by atoms with van der Waals surface area (Å²) in [6.45, 7) is 2.23. The molecule has 4 nitrogen and oxygen atoms in total. The lowest BCUT2D eigenvalue weighted by Gasteiger charge is -2.25. The van der Waals surface area contributed by atoms with Crippen molar-refractivity contribution in [2.45, 2.75) is 18.9 Å². The van der Waals surface area contributed by atoms with Crippen LogP contribution in [0.1, 0.15) is 18.9 Å². The molecule has 0 saturated carbocycles. The van der Waals surface area contributed by atoms with Gasteiger partial charge in [-0.3, -0.25) is 0 Å². The molecule has 0 aliphatic carbocycles. The molecule has 0 aromatic heterocycles. The molecule has 17 heavy (non-hydrogen) atoms. The third-order valence-electron chi connectivity index (χ3n) is 2.53. The van der Waals surface area contributed by atoms with Crippen molar-refractivity contribution in [2.24, 2.45) is 0 Å². The molecule has 1 aromatic carbocycles. The molecule has 1 aromatic rings. The van der Waals surface area contributed by atoms with Crippen molar-refractivity contribution in [2.75, 3.05) is 20.3 Å². The normalized spacial score (nSPS) is 14.1. The van der Waals surface area contributed by atoms with E-state index in [0.29, 0.717) is 5.56 Å². The summed E-state index contributed by atoms with van der Waals surface area (Å²) in [5.41, 5.74) is -1.11. The number of hydrogen-bond acceptors (Lipinski definition) is 4. The Bertz CT molecular complexity index is 350. The summed E-state index contributed by atoms with van der Waals surface area (Å²) in [4.78, 5) is 11.8. The molecule has 0 amide bonds. The Balaban J connectivity index is 2.97. The highest BCUT2D eigenvalue weighted by atomic mass is 16.5. The maximum Gasteiger partial charge on any atom is 0.342 e. The topological polar surface area (TPSA) is 55.8 Å². The van der Waals surface area contributed by atoms with E-state index in [1.54, 1.807) is 31.2 Å². The van der Waals surface area contributed by atoms with E-state index in [1.165, 1.54) is 7.11 Å². The number of esters is 1. The monoisotopic (exact) mass is 238 g/mol. The predicted octanol–water partition coefficient (Wildman–Crippen LogP) is 1.47. The van der Waals surface area contributed by atoms with Gasteiger partial charge in [-0.15, -0.1) is 0 Å². The van der Waals surface area contributed by atoms with Crippen LogP contribution in [0.15, 0.2) is 30.3 Å². The fourth-order valence-electron chi connectivity index (χ4n) is 1.58. The van der Waals surface area contributed by atoms with Gasteiger partial charge < -0.3 is 14.6 Å². The van der Waals surface area contributed by atoms with Crippen LogP contribution in [-0.2, 0) is 19.9 Å². The highest BCUT2D eigenvalue weighted by Gasteiger charge is 2.38. The summed E-state index contributed by atoms with van der Waals surface area (Å²) in [6.07, 6.45) is 0.173. The van der Waals surface area contributed by atoms with Gasteiger partial charge >= 0.3 is 5.97 Å². The SMILES string of the molecule is CCOC(=O)[C@](O)(CCOC)c1ccccc1. The Morgan fingerprint density at radius 2 is 2.00 bits per heavy atom. The summed E-state index contributed by atoms with van der Waals surface area (Å²) in [5.74, 6) is -0.636. The summed E-state index contributed by atoms with van der Waals surface area (Å²) in [6, 6.07) is 8.77. The molecule has 0 radical (unpaired) electrons. The molecule has 0 heterocycles. The lowest BCUT2D eigenvalue weighted by atomic mass is 9.91. The van der Waals surface area contributed by atoms with Gasteiger partial charge in [0, 0.05) is 20.1 Å². The second kappa shape index (κ2) is 6.37. The summed E-state index contributed by atoms with van der Waals surface area (Å²) < 4.78 is 9.83. The molecule has 0 fully saturated rings. The van der Waals surface area contributed by atoms with Gasteiger partial charge in [0.15, 0.2) is 5.60 Å². The zero-order valence-electron chi connectivity index (χ0n) is 10.2. The summed E-state index contributed by atoms with van der Waals surface area (Å²) >= 11 is 0. The van der Waals surface area contributed by atoms with Crippen LogP contribution in [0.5, 0.6) is 0 Å². The maximum absolute atomic E-state index is 11.8. The number of benzene rings is 1. The van der Waals surface area contributed by atoms with Gasteiger partial charge in [-0.25, -0.2) is 4.79 Å². The number of ether oxygens (including phenoxy) is 2. The molecule has 4 heteroatoms. The molecule has 1 atom stereocenters. The lowest BCUT2D eigenvalue weighted by molar-refractivity contribution is -0.168. The molecule has 0 saturated heterocycles. The van der Waals surface area contributed by atoms with Crippen molar-refractivity contribution in [3.8, 4) is 0 Å². The highest BCUT2D eigenvalue weighted by Crippen LogP contribution is 2.26. The summed E-state index contributed by atoms with van der Waals surface area (Å²) in [7, 11) is 1.52. The minimum atomic E-state index is -1.63. The molecular weight excluding hydrogens is 220 g/mol. The Kier molecular flexibility index (Phi) is 5.12. The third kappa shape index (κ3) is 3.28. The summed E-state index contributed by atoms with van der Waals surface area (Å²) in [5, 5.41) is 10.5. The smallest absolute Gasteiger partial charge is 0.342 e. The van der Waals surface area contributed by atoms with Gasteiger partial charge in [-0.1, -0.05) is 30.3 Å². The van der Waals surface area contributed by atoms with E-state index in [9.17, 15) is 9.90 Å². The van der Waals surface area contributed by atoms with Crippen LogP contribution >= 0.6 is 0 Å². The van der Waals surface area contributed by atoms with Crippen LogP contribution in [0, 0.1) is 0 Å². The van der Waals surface area contributed by atoms with E-state index in [0.717, 1.165) is 0 Å². The van der Waals surface area contributed by atoms with Crippen molar-refractivity contribution in [3.63, 3.8) is 0 Å². The van der Waals surface area contributed by atoms with Crippen molar-refractivity contribution >= 4 is 5.97 Å². The fourth-order valence-corrected chi connectivity index (χ4v) is 1.58. The fraction of sp³-hybridized carbons (Fsp3) is 0.462. The van der Waals surface area contributed by atoms with Crippen molar-refractivity contribution in [1.29, 1.82) is 0 Å². The first-order valence-electron chi connectivity index (χ1n) is 5.59. The van der Waals surface area contributed by atoms with Crippen LogP contribution in [0.25, 0.3) is 0 Å². The average Bonchev–Trinajstić information content (AvgIpc) is 2.37. The van der Waals surface area contributed by atoms with Gasteiger partial charge in [0.25, 0.3) is 0 Å². The van der Waals surface area contributed by atoms with Gasteiger partial charge in [0.1, 0.15) is 0 Å². The Morgan fingerprint density at radius 3 is 2.53 bits per heavy atom. The average molecular weight is 238 g/mol. The lowest BCUT2D eigenvalue weighted by Crippen LogP contribution is -2.38. The standard InChI is InChI=1S/C13H18O4/c1-3-17-12(14)13(15,9-10-16-2)11-7-5-4-6-8-11/h4-8,15H,3,9-10H2,1-2H3/t13-/m0/s1. The van der Waals surface area contributed by atoms with Crippen molar-refractivity contribution in [3.05, 3.63) is 35.9 Å². The Labute approximate surface area is 101 Å². The predicted molar refractivity (Wildman–Crippen MR) is 63.5 cm³/mol. The van der Waals surface area contributed by atoms with Gasteiger partial charge in [-0.2, -0.15) is 0 Å². The van der Waals surface area contributed by atoms with Gasteiger partial charge in [0.2, 0.25) is 0 Å². The Morgan fingerprint density at radius 1 is 1.35 bits per heavy atom. The minimum absolute atomic E-state index is 0.173. The van der Waals surface area contributed by atoms with E-state index < -0.39 is 11.6 Å². The van der Waals surface area contributed by atoms with Crippen LogP contribution in [0.3, 0.4) is 0 Å². The molecule has 0 spiro atoms. The van der Waals surface area contributed by atoms with E-state index >= 15 is 0 Å². The number of rotatable bonds is 6. The zero-order chi connectivity index (χ0) is 12.7. The molecule has 94 valence electrons. The first-order chi connectivity index (χ1) is 8.15. The third-order valence-corrected chi connectivity index (χ3v) is 2.53. The molecule has 0 aliphatic rings. The first-order valence-corrected chi connectivity index (χ1v) is 5.59. The molecule has 1 N–H and O–H groups in total. The molecule has 0 unspecified atom stereocenters. The maximum atomic E-state index is 11.8. The van der Waals surface area contributed by atoms with Crippen LogP contribution in [-0.4, -0.2) is 31.4 Å².